The molecule has 0 N–H and O–H groups in total. The summed E-state index contributed by atoms with van der Waals surface area (Å²) in [4.78, 5) is 11.4. The smallest absolute Gasteiger partial charge is 0.337 e. The number of hydrogen-bond acceptors (Lipinski definition) is 3. The SMILES string of the molecule is COC(=O)c1cc(Br)c2c(c1)CCCO2. The van der Waals surface area contributed by atoms with Crippen molar-refractivity contribution in [2.45, 2.75) is 12.8 Å². The molecule has 0 aliphatic carbocycles. The fourth-order valence-corrected chi connectivity index (χ4v) is 2.29. The van der Waals surface area contributed by atoms with Gasteiger partial charge >= 0.3 is 5.97 Å². The molecule has 1 heterocycles. The quantitative estimate of drug-likeness (QED) is 0.736. The number of hydrogen-bond donors (Lipinski definition) is 0. The molecule has 0 amide bonds. The molecule has 0 aromatic heterocycles. The van der Waals surface area contributed by atoms with Crippen LogP contribution in [0.3, 0.4) is 0 Å². The Labute approximate surface area is 96.5 Å². The molecule has 0 spiro atoms. The van der Waals surface area contributed by atoms with Crippen LogP contribution in [0, 0.1) is 0 Å². The number of aryl methyl sites for hydroxylation is 1. The number of methoxy groups -OCH3 is 1. The van der Waals surface area contributed by atoms with E-state index in [4.69, 9.17) is 4.74 Å². The molecule has 1 aliphatic heterocycles. The van der Waals surface area contributed by atoms with E-state index in [0.717, 1.165) is 35.2 Å². The Hall–Kier alpha value is -1.03. The first-order valence-corrected chi connectivity index (χ1v) is 5.55. The fraction of sp³-hybridized carbons (Fsp3) is 0.364. The van der Waals surface area contributed by atoms with Crippen molar-refractivity contribution in [2.75, 3.05) is 13.7 Å². The van der Waals surface area contributed by atoms with Crippen LogP contribution >= 0.6 is 15.9 Å². The van der Waals surface area contributed by atoms with E-state index in [9.17, 15) is 4.79 Å². The van der Waals surface area contributed by atoms with Gasteiger partial charge in [-0.1, -0.05) is 0 Å². The van der Waals surface area contributed by atoms with Crippen LogP contribution in [0.5, 0.6) is 5.75 Å². The second kappa shape index (κ2) is 4.23. The molecule has 0 bridgehead atoms. The van der Waals surface area contributed by atoms with E-state index in [2.05, 4.69) is 20.7 Å². The zero-order valence-electron chi connectivity index (χ0n) is 8.38. The highest BCUT2D eigenvalue weighted by Gasteiger charge is 2.17. The Bertz CT molecular complexity index is 401. The molecule has 0 unspecified atom stereocenters. The van der Waals surface area contributed by atoms with Crippen molar-refractivity contribution < 1.29 is 14.3 Å². The molecule has 0 fully saturated rings. The van der Waals surface area contributed by atoms with Gasteiger partial charge in [-0.25, -0.2) is 4.79 Å². The summed E-state index contributed by atoms with van der Waals surface area (Å²) < 4.78 is 11.0. The topological polar surface area (TPSA) is 35.5 Å². The van der Waals surface area contributed by atoms with Crippen molar-refractivity contribution in [1.82, 2.24) is 0 Å². The molecule has 4 heteroatoms. The summed E-state index contributed by atoms with van der Waals surface area (Å²) in [6, 6.07) is 3.57. The maximum absolute atomic E-state index is 11.4. The second-order valence-corrected chi connectivity index (χ2v) is 4.24. The molecule has 1 aliphatic rings. The van der Waals surface area contributed by atoms with Crippen molar-refractivity contribution in [3.8, 4) is 5.75 Å². The first-order chi connectivity index (χ1) is 7.22. The Morgan fingerprint density at radius 3 is 3.07 bits per heavy atom. The Balaban J connectivity index is 2.45. The normalized spacial score (nSPS) is 14.0. The molecule has 80 valence electrons. The number of fused-ring (bicyclic) bond motifs is 1. The predicted octanol–water partition coefficient (Wildman–Crippen LogP) is 2.56. The first kappa shape index (κ1) is 10.5. The number of carbonyl (C=O) groups is 1. The standard InChI is InChI=1S/C11H11BrO3/c1-14-11(13)8-5-7-3-2-4-15-10(7)9(12)6-8/h5-6H,2-4H2,1H3. The molecule has 0 atom stereocenters. The van der Waals surface area contributed by atoms with Gasteiger partial charge in [0, 0.05) is 0 Å². The Kier molecular flexibility index (Phi) is 2.95. The summed E-state index contributed by atoms with van der Waals surface area (Å²) in [5.41, 5.74) is 1.63. The van der Waals surface area contributed by atoms with E-state index in [-0.39, 0.29) is 5.97 Å². The summed E-state index contributed by atoms with van der Waals surface area (Å²) in [5.74, 6) is 0.540. The number of benzene rings is 1. The first-order valence-electron chi connectivity index (χ1n) is 4.76. The monoisotopic (exact) mass is 270 g/mol. The lowest BCUT2D eigenvalue weighted by atomic mass is 10.0. The molecule has 1 aromatic carbocycles. The summed E-state index contributed by atoms with van der Waals surface area (Å²) in [6.07, 6.45) is 1.93. The van der Waals surface area contributed by atoms with Gasteiger partial charge in [0.2, 0.25) is 0 Å². The lowest BCUT2D eigenvalue weighted by Crippen LogP contribution is -2.11. The number of carbonyl (C=O) groups excluding carboxylic acids is 1. The van der Waals surface area contributed by atoms with Gasteiger partial charge in [-0.2, -0.15) is 0 Å². The van der Waals surface area contributed by atoms with E-state index >= 15 is 0 Å². The van der Waals surface area contributed by atoms with E-state index in [1.165, 1.54) is 7.11 Å². The van der Waals surface area contributed by atoms with Crippen LogP contribution in [0.15, 0.2) is 16.6 Å². The van der Waals surface area contributed by atoms with Gasteiger partial charge in [0.25, 0.3) is 0 Å². The van der Waals surface area contributed by atoms with Crippen LogP contribution in [0.4, 0.5) is 0 Å². The minimum absolute atomic E-state index is 0.316. The maximum atomic E-state index is 11.4. The molecular formula is C11H11BrO3. The van der Waals surface area contributed by atoms with E-state index in [1.807, 2.05) is 6.07 Å². The highest BCUT2D eigenvalue weighted by Crippen LogP contribution is 2.34. The fourth-order valence-electron chi connectivity index (χ4n) is 1.67. The van der Waals surface area contributed by atoms with Gasteiger partial charge in [-0.15, -0.1) is 0 Å². The van der Waals surface area contributed by atoms with Crippen LogP contribution in [-0.2, 0) is 11.2 Å². The second-order valence-electron chi connectivity index (χ2n) is 3.39. The van der Waals surface area contributed by atoms with Crippen molar-refractivity contribution in [1.29, 1.82) is 0 Å². The van der Waals surface area contributed by atoms with Crippen LogP contribution in [-0.4, -0.2) is 19.7 Å². The average molecular weight is 271 g/mol. The van der Waals surface area contributed by atoms with Crippen molar-refractivity contribution in [3.63, 3.8) is 0 Å². The predicted molar refractivity (Wildman–Crippen MR) is 59.3 cm³/mol. The third kappa shape index (κ3) is 2.00. The summed E-state index contributed by atoms with van der Waals surface area (Å²) in [5, 5.41) is 0. The molecule has 1 aromatic rings. The zero-order chi connectivity index (χ0) is 10.8. The van der Waals surface area contributed by atoms with Gasteiger partial charge in [-0.05, 0) is 46.5 Å². The number of ether oxygens (including phenoxy) is 2. The van der Waals surface area contributed by atoms with Gasteiger partial charge < -0.3 is 9.47 Å². The minimum Gasteiger partial charge on any atom is -0.492 e. The van der Waals surface area contributed by atoms with Gasteiger partial charge in [-0.3, -0.25) is 0 Å². The largest absolute Gasteiger partial charge is 0.492 e. The van der Waals surface area contributed by atoms with Gasteiger partial charge in [0.05, 0.1) is 23.8 Å². The van der Waals surface area contributed by atoms with Crippen molar-refractivity contribution >= 4 is 21.9 Å². The van der Waals surface area contributed by atoms with Gasteiger partial charge in [0.15, 0.2) is 0 Å². The van der Waals surface area contributed by atoms with E-state index < -0.39 is 0 Å². The van der Waals surface area contributed by atoms with Crippen LogP contribution in [0.1, 0.15) is 22.3 Å². The molecule has 0 saturated carbocycles. The molecule has 15 heavy (non-hydrogen) atoms. The van der Waals surface area contributed by atoms with Crippen LogP contribution < -0.4 is 4.74 Å². The lowest BCUT2D eigenvalue weighted by Gasteiger charge is -2.19. The molecule has 0 saturated heterocycles. The summed E-state index contributed by atoms with van der Waals surface area (Å²) in [6.45, 7) is 0.739. The third-order valence-corrected chi connectivity index (χ3v) is 2.97. The van der Waals surface area contributed by atoms with Gasteiger partial charge in [0.1, 0.15) is 5.75 Å². The average Bonchev–Trinajstić information content (AvgIpc) is 2.28. The number of halogens is 1. The summed E-state index contributed by atoms with van der Waals surface area (Å²) in [7, 11) is 1.38. The van der Waals surface area contributed by atoms with Crippen molar-refractivity contribution in [3.05, 3.63) is 27.7 Å². The third-order valence-electron chi connectivity index (χ3n) is 2.38. The zero-order valence-corrected chi connectivity index (χ0v) is 9.96. The molecule has 3 nitrogen and oxygen atoms in total. The van der Waals surface area contributed by atoms with Crippen molar-refractivity contribution in [2.24, 2.45) is 0 Å². The summed E-state index contributed by atoms with van der Waals surface area (Å²) >= 11 is 3.40. The molecule has 0 radical (unpaired) electrons. The number of rotatable bonds is 1. The highest BCUT2D eigenvalue weighted by atomic mass is 79.9. The molecule has 2 rings (SSSR count). The maximum Gasteiger partial charge on any atom is 0.337 e. The Morgan fingerprint density at radius 1 is 1.53 bits per heavy atom. The highest BCUT2D eigenvalue weighted by molar-refractivity contribution is 9.10. The lowest BCUT2D eigenvalue weighted by molar-refractivity contribution is 0.0600. The van der Waals surface area contributed by atoms with Crippen LogP contribution in [0.2, 0.25) is 0 Å². The number of esters is 1. The molecular weight excluding hydrogens is 260 g/mol. The van der Waals surface area contributed by atoms with E-state index in [1.54, 1.807) is 6.07 Å². The van der Waals surface area contributed by atoms with E-state index in [0.29, 0.717) is 5.56 Å². The minimum atomic E-state index is -0.316. The van der Waals surface area contributed by atoms with Crippen LogP contribution in [0.25, 0.3) is 0 Å². The Morgan fingerprint density at radius 2 is 2.33 bits per heavy atom.